The van der Waals surface area contributed by atoms with Crippen molar-refractivity contribution in [1.29, 1.82) is 0 Å². The van der Waals surface area contributed by atoms with Crippen molar-refractivity contribution in [3.8, 4) is 0 Å². The molecule has 19 heavy (non-hydrogen) atoms. The van der Waals surface area contributed by atoms with Crippen molar-refractivity contribution >= 4 is 17.1 Å². The molecule has 1 atom stereocenters. The molecule has 1 aliphatic rings. The zero-order valence-corrected chi connectivity index (χ0v) is 12.5. The molecule has 1 aliphatic heterocycles. The van der Waals surface area contributed by atoms with E-state index in [4.69, 9.17) is 4.74 Å². The Bertz CT molecular complexity index is 376. The van der Waals surface area contributed by atoms with Crippen molar-refractivity contribution in [2.75, 3.05) is 26.2 Å². The van der Waals surface area contributed by atoms with E-state index in [0.29, 0.717) is 12.5 Å². The second-order valence-electron chi connectivity index (χ2n) is 5.02. The van der Waals surface area contributed by atoms with Crippen LogP contribution in [0.25, 0.3) is 0 Å². The van der Waals surface area contributed by atoms with Crippen molar-refractivity contribution in [3.05, 3.63) is 22.4 Å². The highest BCUT2D eigenvalue weighted by molar-refractivity contribution is 7.12. The quantitative estimate of drug-likeness (QED) is 0.719. The molecule has 1 aromatic heterocycles. The molecule has 2 rings (SSSR count). The van der Waals surface area contributed by atoms with E-state index < -0.39 is 0 Å². The molecule has 0 radical (unpaired) electrons. The Morgan fingerprint density at radius 1 is 1.58 bits per heavy atom. The van der Waals surface area contributed by atoms with Gasteiger partial charge in [0.25, 0.3) is 0 Å². The Morgan fingerprint density at radius 3 is 3.21 bits per heavy atom. The predicted octanol–water partition coefficient (Wildman–Crippen LogP) is 3.21. The van der Waals surface area contributed by atoms with E-state index in [1.165, 1.54) is 12.8 Å². The van der Waals surface area contributed by atoms with Crippen LogP contribution < -0.4 is 0 Å². The van der Waals surface area contributed by atoms with Gasteiger partial charge in [0.1, 0.15) is 0 Å². The van der Waals surface area contributed by atoms with E-state index in [-0.39, 0.29) is 5.78 Å². The molecule has 1 unspecified atom stereocenters. The van der Waals surface area contributed by atoms with Crippen LogP contribution in [0.3, 0.4) is 0 Å². The highest BCUT2D eigenvalue weighted by atomic mass is 32.1. The molecule has 0 spiro atoms. The maximum Gasteiger partial charge on any atom is 0.172 e. The number of carbonyl (C=O) groups is 1. The Hall–Kier alpha value is -0.710. The van der Waals surface area contributed by atoms with Crippen molar-refractivity contribution in [3.63, 3.8) is 0 Å². The lowest BCUT2D eigenvalue weighted by Crippen LogP contribution is -2.40. The summed E-state index contributed by atoms with van der Waals surface area (Å²) < 4.78 is 5.69. The molecular formula is C15H23NO2S. The molecule has 0 saturated carbocycles. The Labute approximate surface area is 119 Å². The number of piperidine rings is 1. The third-order valence-electron chi connectivity index (χ3n) is 3.54. The molecule has 4 heteroatoms. The van der Waals surface area contributed by atoms with Crippen LogP contribution >= 0.6 is 11.3 Å². The molecule has 0 N–H and O–H groups in total. The molecule has 0 aromatic carbocycles. The number of hydrogen-bond acceptors (Lipinski definition) is 4. The van der Waals surface area contributed by atoms with Gasteiger partial charge in [-0.3, -0.25) is 4.79 Å². The molecule has 1 aromatic rings. The van der Waals surface area contributed by atoms with Gasteiger partial charge in [-0.2, -0.15) is 0 Å². The van der Waals surface area contributed by atoms with Crippen molar-refractivity contribution in [1.82, 2.24) is 4.90 Å². The zero-order chi connectivity index (χ0) is 13.5. The summed E-state index contributed by atoms with van der Waals surface area (Å²) in [6.07, 6.45) is 4.40. The highest BCUT2D eigenvalue weighted by Crippen LogP contribution is 2.15. The number of thiophene rings is 1. The van der Waals surface area contributed by atoms with E-state index in [0.717, 1.165) is 37.5 Å². The summed E-state index contributed by atoms with van der Waals surface area (Å²) in [5.41, 5.74) is 0. The van der Waals surface area contributed by atoms with Gasteiger partial charge in [0.2, 0.25) is 0 Å². The van der Waals surface area contributed by atoms with E-state index in [1.54, 1.807) is 11.3 Å². The van der Waals surface area contributed by atoms with Gasteiger partial charge >= 0.3 is 0 Å². The number of rotatable bonds is 7. The lowest BCUT2D eigenvalue weighted by molar-refractivity contribution is 0.00571. The first-order valence-corrected chi connectivity index (χ1v) is 8.08. The van der Waals surface area contributed by atoms with Crippen LogP contribution in [0.1, 0.15) is 42.3 Å². The summed E-state index contributed by atoms with van der Waals surface area (Å²) in [7, 11) is 0. The molecule has 0 amide bonds. The third-order valence-corrected chi connectivity index (χ3v) is 4.45. The minimum absolute atomic E-state index is 0.286. The lowest BCUT2D eigenvalue weighted by Gasteiger charge is -2.32. The Balaban J connectivity index is 1.66. The molecule has 2 heterocycles. The van der Waals surface area contributed by atoms with Crippen LogP contribution in [0.5, 0.6) is 0 Å². The fourth-order valence-corrected chi connectivity index (χ4v) is 3.31. The molecule has 0 bridgehead atoms. The zero-order valence-electron chi connectivity index (χ0n) is 11.6. The van der Waals surface area contributed by atoms with Crippen LogP contribution in [0.4, 0.5) is 0 Å². The third kappa shape index (κ3) is 4.71. The maximum absolute atomic E-state index is 11.9. The fourth-order valence-electron chi connectivity index (χ4n) is 2.61. The molecule has 3 nitrogen and oxygen atoms in total. The normalized spacial score (nSPS) is 20.6. The largest absolute Gasteiger partial charge is 0.377 e. The van der Waals surface area contributed by atoms with Gasteiger partial charge in [0.15, 0.2) is 5.78 Å². The highest BCUT2D eigenvalue weighted by Gasteiger charge is 2.19. The van der Waals surface area contributed by atoms with Crippen LogP contribution in [0, 0.1) is 0 Å². The summed E-state index contributed by atoms with van der Waals surface area (Å²) in [5.74, 6) is 0.286. The first-order chi connectivity index (χ1) is 9.29. The monoisotopic (exact) mass is 281 g/mol. The van der Waals surface area contributed by atoms with Gasteiger partial charge in [0.05, 0.1) is 11.0 Å². The summed E-state index contributed by atoms with van der Waals surface area (Å²) >= 11 is 1.54. The second kappa shape index (κ2) is 7.78. The minimum Gasteiger partial charge on any atom is -0.377 e. The average Bonchev–Trinajstić information content (AvgIpc) is 2.93. The van der Waals surface area contributed by atoms with Gasteiger partial charge in [0, 0.05) is 19.6 Å². The first kappa shape index (κ1) is 14.7. The topological polar surface area (TPSA) is 29.5 Å². The summed E-state index contributed by atoms with van der Waals surface area (Å²) in [6.45, 7) is 6.05. The van der Waals surface area contributed by atoms with Crippen molar-refractivity contribution < 1.29 is 9.53 Å². The summed E-state index contributed by atoms with van der Waals surface area (Å²) in [4.78, 5) is 15.2. The van der Waals surface area contributed by atoms with Crippen LogP contribution in [-0.2, 0) is 4.74 Å². The summed E-state index contributed by atoms with van der Waals surface area (Å²) in [6, 6.07) is 3.86. The van der Waals surface area contributed by atoms with E-state index in [9.17, 15) is 4.79 Å². The van der Waals surface area contributed by atoms with Gasteiger partial charge in [-0.05, 0) is 50.7 Å². The van der Waals surface area contributed by atoms with Crippen molar-refractivity contribution in [2.24, 2.45) is 0 Å². The Kier molecular flexibility index (Phi) is 6.01. The smallest absolute Gasteiger partial charge is 0.172 e. The van der Waals surface area contributed by atoms with E-state index >= 15 is 0 Å². The number of hydrogen-bond donors (Lipinski definition) is 0. The predicted molar refractivity (Wildman–Crippen MR) is 79.0 cm³/mol. The SMILES string of the molecule is CCOC1CCCN(CCCC(=O)c2cccs2)C1. The molecule has 0 aliphatic carbocycles. The minimum atomic E-state index is 0.286. The number of carbonyl (C=O) groups excluding carboxylic acids is 1. The second-order valence-corrected chi connectivity index (χ2v) is 5.97. The molecule has 1 fully saturated rings. The van der Waals surface area contributed by atoms with Gasteiger partial charge in [-0.15, -0.1) is 11.3 Å². The number of likely N-dealkylation sites (tertiary alicyclic amines) is 1. The van der Waals surface area contributed by atoms with Crippen LogP contribution in [0.15, 0.2) is 17.5 Å². The van der Waals surface area contributed by atoms with Gasteiger partial charge in [-0.1, -0.05) is 6.07 Å². The Morgan fingerprint density at radius 2 is 2.47 bits per heavy atom. The number of nitrogens with zero attached hydrogens (tertiary/aromatic N) is 1. The van der Waals surface area contributed by atoms with Gasteiger partial charge in [-0.25, -0.2) is 0 Å². The fraction of sp³-hybridized carbons (Fsp3) is 0.667. The molecule has 106 valence electrons. The van der Waals surface area contributed by atoms with E-state index in [2.05, 4.69) is 11.8 Å². The number of ether oxygens (including phenoxy) is 1. The number of Topliss-reactive ketones (excluding diaryl/α,β-unsaturated/α-hetero) is 1. The number of ketones is 1. The van der Waals surface area contributed by atoms with Crippen LogP contribution in [-0.4, -0.2) is 43.0 Å². The molecule has 1 saturated heterocycles. The molecular weight excluding hydrogens is 258 g/mol. The first-order valence-electron chi connectivity index (χ1n) is 7.20. The maximum atomic E-state index is 11.9. The van der Waals surface area contributed by atoms with Crippen LogP contribution in [0.2, 0.25) is 0 Å². The van der Waals surface area contributed by atoms with Gasteiger partial charge < -0.3 is 9.64 Å². The van der Waals surface area contributed by atoms with E-state index in [1.807, 2.05) is 17.5 Å². The average molecular weight is 281 g/mol. The summed E-state index contributed by atoms with van der Waals surface area (Å²) in [5, 5.41) is 1.96. The standard InChI is InChI=1S/C15H23NO2S/c1-2-18-13-6-3-9-16(12-13)10-4-7-14(17)15-8-5-11-19-15/h5,8,11,13H,2-4,6-7,9-10,12H2,1H3. The van der Waals surface area contributed by atoms with Crippen molar-refractivity contribution in [2.45, 2.75) is 38.7 Å². The lowest BCUT2D eigenvalue weighted by atomic mass is 10.1.